The first-order chi connectivity index (χ1) is 12.6. The van der Waals surface area contributed by atoms with Crippen molar-refractivity contribution < 1.29 is 14.7 Å². The van der Waals surface area contributed by atoms with Crippen LogP contribution in [0, 0.1) is 0 Å². The second-order valence-corrected chi connectivity index (χ2v) is 7.18. The summed E-state index contributed by atoms with van der Waals surface area (Å²) in [6.45, 7) is 4.30. The molecule has 0 unspecified atom stereocenters. The highest BCUT2D eigenvalue weighted by molar-refractivity contribution is 5.89. The van der Waals surface area contributed by atoms with Crippen molar-refractivity contribution in [2.75, 3.05) is 32.8 Å². The van der Waals surface area contributed by atoms with Gasteiger partial charge in [-0.15, -0.1) is 0 Å². The number of hydrogen-bond acceptors (Lipinski definition) is 4. The van der Waals surface area contributed by atoms with Gasteiger partial charge in [-0.3, -0.25) is 14.5 Å². The standard InChI is InChI=1S/C20H29N3O3/c1-2-8-22(10-11-24)19(25)14-18-20(26)21-7-9-23(18)17-12-15-5-3-4-6-16(15)13-17/h3-6,17-18,24H,2,7-14H2,1H3,(H,21,26)/t18-/m1/s1. The summed E-state index contributed by atoms with van der Waals surface area (Å²) in [5.41, 5.74) is 2.70. The van der Waals surface area contributed by atoms with Crippen LogP contribution in [-0.4, -0.2) is 71.6 Å². The fourth-order valence-electron chi connectivity index (χ4n) is 4.20. The molecule has 0 bridgehead atoms. The van der Waals surface area contributed by atoms with Crippen molar-refractivity contribution in [3.8, 4) is 0 Å². The lowest BCUT2D eigenvalue weighted by Crippen LogP contribution is -2.60. The molecule has 0 saturated carbocycles. The molecule has 1 aliphatic heterocycles. The highest BCUT2D eigenvalue weighted by Crippen LogP contribution is 2.28. The Kier molecular flexibility index (Phi) is 6.27. The van der Waals surface area contributed by atoms with E-state index < -0.39 is 6.04 Å². The number of fused-ring (bicyclic) bond motifs is 1. The Morgan fingerprint density at radius 1 is 1.27 bits per heavy atom. The van der Waals surface area contributed by atoms with Crippen LogP contribution in [0.15, 0.2) is 24.3 Å². The molecular formula is C20H29N3O3. The number of aliphatic hydroxyl groups excluding tert-OH is 1. The molecule has 0 radical (unpaired) electrons. The maximum absolute atomic E-state index is 12.7. The number of amides is 2. The Morgan fingerprint density at radius 3 is 2.58 bits per heavy atom. The minimum Gasteiger partial charge on any atom is -0.395 e. The van der Waals surface area contributed by atoms with Crippen molar-refractivity contribution in [3.63, 3.8) is 0 Å². The summed E-state index contributed by atoms with van der Waals surface area (Å²) in [7, 11) is 0. The zero-order valence-electron chi connectivity index (χ0n) is 15.5. The molecule has 1 fully saturated rings. The van der Waals surface area contributed by atoms with E-state index >= 15 is 0 Å². The topological polar surface area (TPSA) is 72.9 Å². The van der Waals surface area contributed by atoms with Crippen LogP contribution >= 0.6 is 0 Å². The van der Waals surface area contributed by atoms with Gasteiger partial charge in [-0.1, -0.05) is 31.2 Å². The average molecular weight is 359 g/mol. The van der Waals surface area contributed by atoms with Gasteiger partial charge in [-0.25, -0.2) is 0 Å². The summed E-state index contributed by atoms with van der Waals surface area (Å²) >= 11 is 0. The molecule has 1 heterocycles. The largest absolute Gasteiger partial charge is 0.395 e. The van der Waals surface area contributed by atoms with Crippen LogP contribution in [0.4, 0.5) is 0 Å². The maximum Gasteiger partial charge on any atom is 0.237 e. The predicted molar refractivity (Wildman–Crippen MR) is 99.7 cm³/mol. The molecule has 1 saturated heterocycles. The molecule has 0 spiro atoms. The number of nitrogens with zero attached hydrogens (tertiary/aromatic N) is 2. The lowest BCUT2D eigenvalue weighted by atomic mass is 10.0. The molecular weight excluding hydrogens is 330 g/mol. The SMILES string of the molecule is CCCN(CCO)C(=O)C[C@@H]1C(=O)NCCN1C1Cc2ccccc2C1. The van der Waals surface area contributed by atoms with Gasteiger partial charge in [0, 0.05) is 32.2 Å². The molecule has 1 atom stereocenters. The Morgan fingerprint density at radius 2 is 1.96 bits per heavy atom. The van der Waals surface area contributed by atoms with Crippen LogP contribution in [0.3, 0.4) is 0 Å². The number of hydrogen-bond donors (Lipinski definition) is 2. The van der Waals surface area contributed by atoms with Crippen LogP contribution in [0.25, 0.3) is 0 Å². The summed E-state index contributed by atoms with van der Waals surface area (Å²) < 4.78 is 0. The van der Waals surface area contributed by atoms with Crippen molar-refractivity contribution in [1.29, 1.82) is 0 Å². The van der Waals surface area contributed by atoms with Crippen molar-refractivity contribution in [2.45, 2.75) is 44.7 Å². The number of carbonyl (C=O) groups excluding carboxylic acids is 2. The summed E-state index contributed by atoms with van der Waals surface area (Å²) in [4.78, 5) is 29.2. The zero-order valence-corrected chi connectivity index (χ0v) is 15.5. The molecule has 2 aliphatic rings. The number of aliphatic hydroxyl groups is 1. The van der Waals surface area contributed by atoms with Gasteiger partial charge < -0.3 is 15.3 Å². The van der Waals surface area contributed by atoms with E-state index in [0.717, 1.165) is 25.8 Å². The van der Waals surface area contributed by atoms with Gasteiger partial charge in [0.25, 0.3) is 0 Å². The molecule has 2 amide bonds. The first kappa shape index (κ1) is 18.9. The van der Waals surface area contributed by atoms with E-state index in [1.165, 1.54) is 11.1 Å². The van der Waals surface area contributed by atoms with E-state index in [0.29, 0.717) is 19.6 Å². The highest BCUT2D eigenvalue weighted by atomic mass is 16.3. The third kappa shape index (κ3) is 4.07. The normalized spacial score (nSPS) is 20.7. The van der Waals surface area contributed by atoms with Gasteiger partial charge in [0.05, 0.1) is 19.1 Å². The fourth-order valence-corrected chi connectivity index (χ4v) is 4.20. The van der Waals surface area contributed by atoms with E-state index in [9.17, 15) is 14.7 Å². The first-order valence-electron chi connectivity index (χ1n) is 9.63. The van der Waals surface area contributed by atoms with Gasteiger partial charge in [0.2, 0.25) is 11.8 Å². The van der Waals surface area contributed by atoms with E-state index in [4.69, 9.17) is 0 Å². The monoisotopic (exact) mass is 359 g/mol. The highest BCUT2D eigenvalue weighted by Gasteiger charge is 2.38. The van der Waals surface area contributed by atoms with Crippen molar-refractivity contribution >= 4 is 11.8 Å². The quantitative estimate of drug-likeness (QED) is 0.747. The van der Waals surface area contributed by atoms with Crippen molar-refractivity contribution in [1.82, 2.24) is 15.1 Å². The third-order valence-corrected chi connectivity index (χ3v) is 5.45. The molecule has 1 aromatic carbocycles. The van der Waals surface area contributed by atoms with Gasteiger partial charge >= 0.3 is 0 Å². The molecule has 6 heteroatoms. The van der Waals surface area contributed by atoms with Crippen LogP contribution in [-0.2, 0) is 22.4 Å². The smallest absolute Gasteiger partial charge is 0.237 e. The zero-order chi connectivity index (χ0) is 18.5. The predicted octanol–water partition coefficient (Wildman–Crippen LogP) is 0.575. The van der Waals surface area contributed by atoms with Crippen LogP contribution in [0.5, 0.6) is 0 Å². The van der Waals surface area contributed by atoms with E-state index in [1.807, 2.05) is 6.92 Å². The molecule has 142 valence electrons. The third-order valence-electron chi connectivity index (χ3n) is 5.45. The molecule has 2 N–H and O–H groups in total. The minimum atomic E-state index is -0.423. The van der Waals surface area contributed by atoms with Gasteiger partial charge in [-0.2, -0.15) is 0 Å². The van der Waals surface area contributed by atoms with E-state index in [2.05, 4.69) is 34.5 Å². The summed E-state index contributed by atoms with van der Waals surface area (Å²) in [5.74, 6) is -0.107. The lowest BCUT2D eigenvalue weighted by molar-refractivity contribution is -0.140. The van der Waals surface area contributed by atoms with Gasteiger partial charge in [0.15, 0.2) is 0 Å². The van der Waals surface area contributed by atoms with E-state index in [-0.39, 0.29) is 30.9 Å². The second-order valence-electron chi connectivity index (χ2n) is 7.18. The number of rotatable bonds is 7. The number of benzene rings is 1. The fraction of sp³-hybridized carbons (Fsp3) is 0.600. The lowest BCUT2D eigenvalue weighted by Gasteiger charge is -2.39. The van der Waals surface area contributed by atoms with Gasteiger partial charge in [0.1, 0.15) is 0 Å². The Hall–Kier alpha value is -1.92. The molecule has 3 rings (SSSR count). The molecule has 1 aliphatic carbocycles. The number of nitrogens with one attached hydrogen (secondary N) is 1. The number of piperazine rings is 1. The summed E-state index contributed by atoms with van der Waals surface area (Å²) in [6.07, 6.45) is 2.88. The Balaban J connectivity index is 1.71. The Bertz CT molecular complexity index is 618. The average Bonchev–Trinajstić information content (AvgIpc) is 3.07. The van der Waals surface area contributed by atoms with Crippen LogP contribution in [0.1, 0.15) is 30.9 Å². The molecule has 26 heavy (non-hydrogen) atoms. The van der Waals surface area contributed by atoms with Gasteiger partial charge in [-0.05, 0) is 30.4 Å². The number of carbonyl (C=O) groups is 2. The van der Waals surface area contributed by atoms with E-state index in [1.54, 1.807) is 4.90 Å². The van der Waals surface area contributed by atoms with Crippen LogP contribution in [0.2, 0.25) is 0 Å². The van der Waals surface area contributed by atoms with Crippen molar-refractivity contribution in [2.24, 2.45) is 0 Å². The first-order valence-corrected chi connectivity index (χ1v) is 9.63. The minimum absolute atomic E-state index is 0.0513. The molecule has 1 aromatic rings. The summed E-state index contributed by atoms with van der Waals surface area (Å²) in [6, 6.07) is 8.28. The summed E-state index contributed by atoms with van der Waals surface area (Å²) in [5, 5.41) is 12.1. The molecule has 0 aromatic heterocycles. The van der Waals surface area contributed by atoms with Crippen LogP contribution < -0.4 is 5.32 Å². The molecule has 6 nitrogen and oxygen atoms in total. The second kappa shape index (κ2) is 8.64. The Labute approximate surface area is 155 Å². The van der Waals surface area contributed by atoms with Crippen molar-refractivity contribution in [3.05, 3.63) is 35.4 Å². The maximum atomic E-state index is 12.7.